The largest absolute Gasteiger partial charge is 0.494 e. The highest BCUT2D eigenvalue weighted by molar-refractivity contribution is 5.95. The quantitative estimate of drug-likeness (QED) is 0.249. The molecule has 0 aliphatic carbocycles. The SMILES string of the molecule is CN(C)CCCNC(=O)c1ccc(Nc2ccc(-c3ccc4c(O)[nH]cc4c3)n3ccnc23)cc1. The number of hydrogen-bond acceptors (Lipinski definition) is 5. The molecule has 2 aromatic carbocycles. The number of amides is 1. The van der Waals surface area contributed by atoms with Gasteiger partial charge < -0.3 is 25.6 Å². The van der Waals surface area contributed by atoms with E-state index in [1.807, 2.05) is 79.3 Å². The number of aromatic hydroxyl groups is 1. The van der Waals surface area contributed by atoms with Crippen molar-refractivity contribution in [2.75, 3.05) is 32.5 Å². The lowest BCUT2D eigenvalue weighted by Gasteiger charge is -2.13. The van der Waals surface area contributed by atoms with Crippen LogP contribution in [0.15, 0.2) is 73.2 Å². The molecule has 0 spiro atoms. The van der Waals surface area contributed by atoms with Gasteiger partial charge in [-0.05, 0) is 81.2 Å². The maximum absolute atomic E-state index is 12.4. The van der Waals surface area contributed by atoms with Gasteiger partial charge >= 0.3 is 0 Å². The van der Waals surface area contributed by atoms with Crippen LogP contribution in [-0.4, -0.2) is 57.5 Å². The minimum atomic E-state index is -0.0667. The Bertz CT molecular complexity index is 1480. The van der Waals surface area contributed by atoms with E-state index in [1.165, 1.54) is 0 Å². The van der Waals surface area contributed by atoms with E-state index in [2.05, 4.69) is 25.5 Å². The molecule has 0 saturated carbocycles. The van der Waals surface area contributed by atoms with E-state index in [0.717, 1.165) is 52.0 Å². The minimum absolute atomic E-state index is 0.0667. The van der Waals surface area contributed by atoms with Crippen molar-refractivity contribution in [3.05, 3.63) is 78.8 Å². The molecule has 5 aromatic rings. The molecule has 178 valence electrons. The zero-order valence-corrected chi connectivity index (χ0v) is 19.7. The van der Waals surface area contributed by atoms with Crippen LogP contribution in [-0.2, 0) is 0 Å². The third-order valence-corrected chi connectivity index (χ3v) is 6.01. The third-order valence-electron chi connectivity index (χ3n) is 6.01. The Morgan fingerprint density at radius 2 is 1.94 bits per heavy atom. The van der Waals surface area contributed by atoms with Gasteiger partial charge in [0.25, 0.3) is 5.91 Å². The fraction of sp³-hybridized carbons (Fsp3) is 0.185. The highest BCUT2D eigenvalue weighted by Gasteiger charge is 2.11. The van der Waals surface area contributed by atoms with Crippen molar-refractivity contribution in [1.82, 2.24) is 24.6 Å². The van der Waals surface area contributed by atoms with Gasteiger partial charge in [0, 0.05) is 47.2 Å². The Labute approximate surface area is 203 Å². The number of pyridine rings is 1. The predicted octanol–water partition coefficient (Wildman–Crippen LogP) is 4.61. The maximum atomic E-state index is 12.4. The van der Waals surface area contributed by atoms with Crippen LogP contribution in [0.2, 0.25) is 0 Å². The van der Waals surface area contributed by atoms with E-state index in [4.69, 9.17) is 0 Å². The number of nitrogens with one attached hydrogen (secondary N) is 3. The van der Waals surface area contributed by atoms with Gasteiger partial charge in [-0.1, -0.05) is 6.07 Å². The van der Waals surface area contributed by atoms with Crippen LogP contribution in [0.3, 0.4) is 0 Å². The Kier molecular flexibility index (Phi) is 6.12. The highest BCUT2D eigenvalue weighted by Crippen LogP contribution is 2.31. The van der Waals surface area contributed by atoms with Crippen molar-refractivity contribution >= 4 is 33.7 Å². The second kappa shape index (κ2) is 9.52. The van der Waals surface area contributed by atoms with Gasteiger partial charge in [-0.15, -0.1) is 0 Å². The van der Waals surface area contributed by atoms with Crippen LogP contribution in [0.4, 0.5) is 11.4 Å². The molecule has 3 aromatic heterocycles. The molecule has 0 aliphatic heterocycles. The number of carbonyl (C=O) groups is 1. The molecule has 0 fully saturated rings. The van der Waals surface area contributed by atoms with E-state index in [9.17, 15) is 9.90 Å². The Hall–Kier alpha value is -4.30. The fourth-order valence-electron chi connectivity index (χ4n) is 4.19. The summed E-state index contributed by atoms with van der Waals surface area (Å²) < 4.78 is 2.03. The van der Waals surface area contributed by atoms with E-state index < -0.39 is 0 Å². The average Bonchev–Trinajstić information content (AvgIpc) is 3.49. The second-order valence-electron chi connectivity index (χ2n) is 8.81. The molecule has 0 atom stereocenters. The van der Waals surface area contributed by atoms with Gasteiger partial charge in [-0.3, -0.25) is 9.20 Å². The van der Waals surface area contributed by atoms with Crippen LogP contribution in [0, 0.1) is 0 Å². The summed E-state index contributed by atoms with van der Waals surface area (Å²) in [7, 11) is 4.04. The van der Waals surface area contributed by atoms with Crippen LogP contribution in [0.1, 0.15) is 16.8 Å². The summed E-state index contributed by atoms with van der Waals surface area (Å²) in [5, 5.41) is 18.0. The fourth-order valence-corrected chi connectivity index (χ4v) is 4.19. The van der Waals surface area contributed by atoms with Gasteiger partial charge in [0.1, 0.15) is 0 Å². The minimum Gasteiger partial charge on any atom is -0.494 e. The van der Waals surface area contributed by atoms with Gasteiger partial charge in [0.2, 0.25) is 0 Å². The molecule has 8 nitrogen and oxygen atoms in total. The summed E-state index contributed by atoms with van der Waals surface area (Å²) >= 11 is 0. The van der Waals surface area contributed by atoms with Gasteiger partial charge in [0.15, 0.2) is 11.5 Å². The number of carbonyl (C=O) groups excluding carboxylic acids is 1. The molecule has 35 heavy (non-hydrogen) atoms. The Balaban J connectivity index is 1.33. The number of hydrogen-bond donors (Lipinski definition) is 4. The Morgan fingerprint density at radius 3 is 2.74 bits per heavy atom. The van der Waals surface area contributed by atoms with Crippen LogP contribution in [0.5, 0.6) is 5.88 Å². The number of aromatic nitrogens is 3. The summed E-state index contributed by atoms with van der Waals surface area (Å²) in [5.74, 6) is 0.106. The van der Waals surface area contributed by atoms with E-state index in [1.54, 1.807) is 12.4 Å². The molecule has 5 rings (SSSR count). The zero-order chi connectivity index (χ0) is 24.4. The van der Waals surface area contributed by atoms with Crippen molar-refractivity contribution in [3.63, 3.8) is 0 Å². The lowest BCUT2D eigenvalue weighted by atomic mass is 10.1. The number of benzene rings is 2. The predicted molar refractivity (Wildman–Crippen MR) is 139 cm³/mol. The normalized spacial score (nSPS) is 11.4. The molecule has 0 saturated heterocycles. The highest BCUT2D eigenvalue weighted by atomic mass is 16.3. The molecular weight excluding hydrogens is 440 g/mol. The molecule has 0 radical (unpaired) electrons. The topological polar surface area (TPSA) is 97.7 Å². The summed E-state index contributed by atoms with van der Waals surface area (Å²) in [6.45, 7) is 1.59. The number of H-pyrrole nitrogens is 1. The maximum Gasteiger partial charge on any atom is 0.251 e. The molecule has 0 bridgehead atoms. The monoisotopic (exact) mass is 468 g/mol. The molecule has 3 heterocycles. The lowest BCUT2D eigenvalue weighted by Crippen LogP contribution is -2.27. The third kappa shape index (κ3) is 4.69. The molecule has 0 unspecified atom stereocenters. The number of aromatic amines is 1. The van der Waals surface area contributed by atoms with Crippen LogP contribution in [0.25, 0.3) is 27.7 Å². The van der Waals surface area contributed by atoms with Crippen molar-refractivity contribution in [3.8, 4) is 17.1 Å². The average molecular weight is 469 g/mol. The lowest BCUT2D eigenvalue weighted by molar-refractivity contribution is 0.0952. The van der Waals surface area contributed by atoms with Crippen molar-refractivity contribution in [2.24, 2.45) is 0 Å². The number of imidazole rings is 1. The Morgan fingerprint density at radius 1 is 1.11 bits per heavy atom. The van der Waals surface area contributed by atoms with Crippen LogP contribution >= 0.6 is 0 Å². The molecule has 8 heteroatoms. The molecule has 1 amide bonds. The first-order valence-electron chi connectivity index (χ1n) is 11.6. The van der Waals surface area contributed by atoms with Gasteiger partial charge in [-0.2, -0.15) is 0 Å². The summed E-state index contributed by atoms with van der Waals surface area (Å²) in [4.78, 5) is 21.9. The van der Waals surface area contributed by atoms with Gasteiger partial charge in [0.05, 0.1) is 11.4 Å². The summed E-state index contributed by atoms with van der Waals surface area (Å²) in [6, 6.07) is 17.4. The first-order valence-corrected chi connectivity index (χ1v) is 11.6. The van der Waals surface area contributed by atoms with E-state index in [-0.39, 0.29) is 11.8 Å². The van der Waals surface area contributed by atoms with E-state index >= 15 is 0 Å². The van der Waals surface area contributed by atoms with Gasteiger partial charge in [-0.25, -0.2) is 4.98 Å². The molecule has 0 aliphatic rings. The molecule has 4 N–H and O–H groups in total. The number of nitrogens with zero attached hydrogens (tertiary/aromatic N) is 3. The smallest absolute Gasteiger partial charge is 0.251 e. The van der Waals surface area contributed by atoms with Crippen molar-refractivity contribution in [1.29, 1.82) is 0 Å². The van der Waals surface area contributed by atoms with Crippen molar-refractivity contribution in [2.45, 2.75) is 6.42 Å². The summed E-state index contributed by atoms with van der Waals surface area (Å²) in [5.41, 5.74) is 5.17. The first kappa shape index (κ1) is 22.5. The number of anilines is 2. The van der Waals surface area contributed by atoms with Crippen molar-refractivity contribution < 1.29 is 9.90 Å². The standard InChI is InChI=1S/C27H28N6O2/c1-32(2)14-3-12-29-26(34)18-4-7-21(8-5-18)31-23-10-11-24(33-15-13-28-25(23)33)19-6-9-22-20(16-19)17-30-27(22)35/h4-11,13,15-17,30-31,35H,3,12,14H2,1-2H3,(H,29,34). The molecular formula is C27H28N6O2. The zero-order valence-electron chi connectivity index (χ0n) is 19.7. The number of rotatable bonds is 8. The van der Waals surface area contributed by atoms with E-state index in [0.29, 0.717) is 12.1 Å². The van der Waals surface area contributed by atoms with Crippen LogP contribution < -0.4 is 10.6 Å². The second-order valence-corrected chi connectivity index (χ2v) is 8.81. The summed E-state index contributed by atoms with van der Waals surface area (Å²) in [6.07, 6.45) is 6.41. The number of fused-ring (bicyclic) bond motifs is 2. The first-order chi connectivity index (χ1) is 17.0.